The number of ketones is 1. The number of hydrogen-bond donors (Lipinski definition) is 0. The number of Topliss-reactive ketones (excluding diaryl/α,β-unsaturated/α-hetero) is 1. The lowest BCUT2D eigenvalue weighted by Gasteiger charge is -2.20. The number of esters is 1. The highest BCUT2D eigenvalue weighted by atomic mass is 19.1. The van der Waals surface area contributed by atoms with E-state index >= 15 is 0 Å². The predicted octanol–water partition coefficient (Wildman–Crippen LogP) is 2.36. The third kappa shape index (κ3) is 3.77. The SMILES string of the molecule is CCOC(=O)C(C)(C)C(=O)COc1ccccc1F. The van der Waals surface area contributed by atoms with Gasteiger partial charge in [-0.15, -0.1) is 0 Å². The lowest BCUT2D eigenvalue weighted by Crippen LogP contribution is -2.38. The molecule has 0 aliphatic carbocycles. The summed E-state index contributed by atoms with van der Waals surface area (Å²) in [4.78, 5) is 23.5. The molecule has 0 unspecified atom stereocenters. The van der Waals surface area contributed by atoms with Gasteiger partial charge in [0.1, 0.15) is 12.0 Å². The normalized spacial score (nSPS) is 10.9. The molecular weight excluding hydrogens is 251 g/mol. The van der Waals surface area contributed by atoms with Crippen LogP contribution in [0, 0.1) is 11.2 Å². The van der Waals surface area contributed by atoms with Gasteiger partial charge in [0, 0.05) is 0 Å². The minimum absolute atomic E-state index is 0.0180. The van der Waals surface area contributed by atoms with Crippen LogP contribution in [-0.2, 0) is 14.3 Å². The van der Waals surface area contributed by atoms with Crippen molar-refractivity contribution in [3.8, 4) is 5.75 Å². The largest absolute Gasteiger partial charge is 0.483 e. The molecule has 0 heterocycles. The van der Waals surface area contributed by atoms with Crippen molar-refractivity contribution in [2.45, 2.75) is 20.8 Å². The van der Waals surface area contributed by atoms with Gasteiger partial charge in [-0.25, -0.2) is 4.39 Å². The van der Waals surface area contributed by atoms with Crippen LogP contribution in [0.25, 0.3) is 0 Å². The van der Waals surface area contributed by atoms with E-state index in [2.05, 4.69) is 0 Å². The predicted molar refractivity (Wildman–Crippen MR) is 67.3 cm³/mol. The van der Waals surface area contributed by atoms with Crippen molar-refractivity contribution in [3.63, 3.8) is 0 Å². The Balaban J connectivity index is 2.65. The van der Waals surface area contributed by atoms with E-state index in [1.165, 1.54) is 32.0 Å². The molecule has 0 atom stereocenters. The summed E-state index contributed by atoms with van der Waals surface area (Å²) in [5, 5.41) is 0. The van der Waals surface area contributed by atoms with Crippen molar-refractivity contribution in [2.24, 2.45) is 5.41 Å². The first-order chi connectivity index (χ1) is 8.89. The number of benzene rings is 1. The Kier molecular flexibility index (Phi) is 5.03. The van der Waals surface area contributed by atoms with Crippen molar-refractivity contribution < 1.29 is 23.5 Å². The van der Waals surface area contributed by atoms with Crippen molar-refractivity contribution in [1.82, 2.24) is 0 Å². The minimum Gasteiger partial charge on any atom is -0.483 e. The Bertz CT molecular complexity index is 468. The van der Waals surface area contributed by atoms with Gasteiger partial charge in [0.2, 0.25) is 0 Å². The van der Waals surface area contributed by atoms with Crippen molar-refractivity contribution in [1.29, 1.82) is 0 Å². The molecule has 0 aromatic heterocycles. The number of para-hydroxylation sites is 1. The minimum atomic E-state index is -1.30. The highest BCUT2D eigenvalue weighted by molar-refractivity contribution is 6.03. The second kappa shape index (κ2) is 6.31. The first kappa shape index (κ1) is 15.1. The molecule has 0 N–H and O–H groups in total. The van der Waals surface area contributed by atoms with Crippen LogP contribution in [0.2, 0.25) is 0 Å². The topological polar surface area (TPSA) is 52.6 Å². The molecule has 0 fully saturated rings. The molecule has 5 heteroatoms. The Hall–Kier alpha value is -1.91. The fourth-order valence-electron chi connectivity index (χ4n) is 1.31. The fourth-order valence-corrected chi connectivity index (χ4v) is 1.31. The van der Waals surface area contributed by atoms with Crippen LogP contribution in [0.5, 0.6) is 5.75 Å². The summed E-state index contributed by atoms with van der Waals surface area (Å²) >= 11 is 0. The van der Waals surface area contributed by atoms with Crippen LogP contribution in [0.4, 0.5) is 4.39 Å². The summed E-state index contributed by atoms with van der Waals surface area (Å²) in [6.07, 6.45) is 0. The zero-order valence-electron chi connectivity index (χ0n) is 11.2. The van der Waals surface area contributed by atoms with Crippen LogP contribution in [-0.4, -0.2) is 25.0 Å². The zero-order chi connectivity index (χ0) is 14.5. The van der Waals surface area contributed by atoms with E-state index in [0.717, 1.165) is 0 Å². The fraction of sp³-hybridized carbons (Fsp3) is 0.429. The van der Waals surface area contributed by atoms with Crippen molar-refractivity contribution in [2.75, 3.05) is 13.2 Å². The van der Waals surface area contributed by atoms with E-state index in [1.807, 2.05) is 0 Å². The van der Waals surface area contributed by atoms with Gasteiger partial charge < -0.3 is 9.47 Å². The standard InChI is InChI=1S/C14H17FO4/c1-4-18-13(17)14(2,3)12(16)9-19-11-8-6-5-7-10(11)15/h5-8H,4,9H2,1-3H3. The smallest absolute Gasteiger partial charge is 0.319 e. The van der Waals surface area contributed by atoms with Gasteiger partial charge in [-0.3, -0.25) is 9.59 Å². The van der Waals surface area contributed by atoms with Crippen LogP contribution in [0.3, 0.4) is 0 Å². The van der Waals surface area contributed by atoms with Crippen LogP contribution in [0.1, 0.15) is 20.8 Å². The molecule has 0 bridgehead atoms. The summed E-state index contributed by atoms with van der Waals surface area (Å²) in [6, 6.07) is 5.77. The summed E-state index contributed by atoms with van der Waals surface area (Å²) < 4.78 is 23.2. The summed E-state index contributed by atoms with van der Waals surface area (Å²) in [5.74, 6) is -1.65. The average molecular weight is 268 g/mol. The van der Waals surface area contributed by atoms with Gasteiger partial charge in [0.15, 0.2) is 17.3 Å². The Morgan fingerprint density at radius 3 is 2.47 bits per heavy atom. The summed E-state index contributed by atoms with van der Waals surface area (Å²) in [6.45, 7) is 4.39. The maximum absolute atomic E-state index is 13.3. The summed E-state index contributed by atoms with van der Waals surface area (Å²) in [5.41, 5.74) is -1.30. The maximum Gasteiger partial charge on any atom is 0.319 e. The molecule has 0 saturated carbocycles. The number of rotatable bonds is 6. The van der Waals surface area contributed by atoms with E-state index in [-0.39, 0.29) is 19.0 Å². The van der Waals surface area contributed by atoms with E-state index in [4.69, 9.17) is 9.47 Å². The van der Waals surface area contributed by atoms with E-state index in [0.29, 0.717) is 0 Å². The van der Waals surface area contributed by atoms with Crippen molar-refractivity contribution >= 4 is 11.8 Å². The van der Waals surface area contributed by atoms with Gasteiger partial charge in [-0.2, -0.15) is 0 Å². The number of ether oxygens (including phenoxy) is 2. The Morgan fingerprint density at radius 2 is 1.89 bits per heavy atom. The van der Waals surface area contributed by atoms with E-state index < -0.39 is 23.0 Å². The third-order valence-electron chi connectivity index (χ3n) is 2.68. The first-order valence-electron chi connectivity index (χ1n) is 5.97. The highest BCUT2D eigenvalue weighted by Crippen LogP contribution is 2.21. The molecule has 0 saturated heterocycles. The molecule has 0 amide bonds. The number of carbonyl (C=O) groups is 2. The average Bonchev–Trinajstić information content (AvgIpc) is 2.37. The molecule has 0 radical (unpaired) electrons. The van der Waals surface area contributed by atoms with Gasteiger partial charge >= 0.3 is 5.97 Å². The van der Waals surface area contributed by atoms with Crippen LogP contribution < -0.4 is 4.74 Å². The summed E-state index contributed by atoms with van der Waals surface area (Å²) in [7, 11) is 0. The second-order valence-corrected chi connectivity index (χ2v) is 4.49. The molecule has 0 aliphatic rings. The van der Waals surface area contributed by atoms with Crippen LogP contribution >= 0.6 is 0 Å². The van der Waals surface area contributed by atoms with Crippen molar-refractivity contribution in [3.05, 3.63) is 30.1 Å². The molecule has 104 valence electrons. The number of hydrogen-bond acceptors (Lipinski definition) is 4. The van der Waals surface area contributed by atoms with Crippen LogP contribution in [0.15, 0.2) is 24.3 Å². The monoisotopic (exact) mass is 268 g/mol. The van der Waals surface area contributed by atoms with E-state index in [9.17, 15) is 14.0 Å². The Morgan fingerprint density at radius 1 is 1.26 bits per heavy atom. The zero-order valence-corrected chi connectivity index (χ0v) is 11.2. The first-order valence-corrected chi connectivity index (χ1v) is 5.97. The molecule has 1 aromatic rings. The number of halogens is 1. The molecule has 1 aromatic carbocycles. The molecular formula is C14H17FO4. The second-order valence-electron chi connectivity index (χ2n) is 4.49. The lowest BCUT2D eigenvalue weighted by molar-refractivity contribution is -0.158. The molecule has 19 heavy (non-hydrogen) atoms. The Labute approximate surface area is 111 Å². The van der Waals surface area contributed by atoms with E-state index in [1.54, 1.807) is 13.0 Å². The number of carbonyl (C=O) groups excluding carboxylic acids is 2. The molecule has 0 aliphatic heterocycles. The highest BCUT2D eigenvalue weighted by Gasteiger charge is 2.37. The third-order valence-corrected chi connectivity index (χ3v) is 2.68. The van der Waals surface area contributed by atoms with Gasteiger partial charge in [-0.1, -0.05) is 12.1 Å². The lowest BCUT2D eigenvalue weighted by atomic mass is 9.88. The maximum atomic E-state index is 13.3. The molecule has 0 spiro atoms. The van der Waals surface area contributed by atoms with Gasteiger partial charge in [0.05, 0.1) is 6.61 Å². The quantitative estimate of drug-likeness (QED) is 0.587. The van der Waals surface area contributed by atoms with Gasteiger partial charge in [-0.05, 0) is 32.9 Å². The molecule has 1 rings (SSSR count). The van der Waals surface area contributed by atoms with Gasteiger partial charge in [0.25, 0.3) is 0 Å². The molecule has 4 nitrogen and oxygen atoms in total.